The summed E-state index contributed by atoms with van der Waals surface area (Å²) in [5.74, 6) is 0.334. The summed E-state index contributed by atoms with van der Waals surface area (Å²) >= 11 is 3.47. The molecule has 0 bridgehead atoms. The van der Waals surface area contributed by atoms with E-state index in [1.807, 2.05) is 18.2 Å². The molecule has 4 rings (SSSR count). The van der Waals surface area contributed by atoms with Gasteiger partial charge in [0.2, 0.25) is 0 Å². The van der Waals surface area contributed by atoms with E-state index in [0.29, 0.717) is 5.92 Å². The van der Waals surface area contributed by atoms with Gasteiger partial charge in [0, 0.05) is 29.0 Å². The van der Waals surface area contributed by atoms with Crippen molar-refractivity contribution >= 4 is 37.9 Å². The SMILES string of the molecule is O=c1[nH]c2c(C3CCOCC3)nc3ccc(Br)cc3c2[nH]1. The first-order valence-corrected chi connectivity index (χ1v) is 7.80. The van der Waals surface area contributed by atoms with Crippen LogP contribution in [0.1, 0.15) is 24.5 Å². The monoisotopic (exact) mass is 347 g/mol. The minimum Gasteiger partial charge on any atom is -0.381 e. The number of nitrogens with one attached hydrogen (secondary N) is 2. The van der Waals surface area contributed by atoms with Gasteiger partial charge in [-0.05, 0) is 31.0 Å². The van der Waals surface area contributed by atoms with Crippen LogP contribution in [-0.4, -0.2) is 28.2 Å². The number of pyridine rings is 1. The zero-order chi connectivity index (χ0) is 14.4. The summed E-state index contributed by atoms with van der Waals surface area (Å²) in [5, 5.41) is 0.952. The standard InChI is InChI=1S/C15H14BrN3O2/c16-9-1-2-11-10(7-9)13-14(19-15(20)18-13)12(17-11)8-3-5-21-6-4-8/h1-2,7-8H,3-6H2,(H2,18,19,20). The first kappa shape index (κ1) is 13.0. The molecule has 0 spiro atoms. The smallest absolute Gasteiger partial charge is 0.323 e. The Kier molecular flexibility index (Phi) is 3.08. The third-order valence-electron chi connectivity index (χ3n) is 4.06. The lowest BCUT2D eigenvalue weighted by atomic mass is 9.94. The van der Waals surface area contributed by atoms with Gasteiger partial charge in [0.25, 0.3) is 0 Å². The number of aromatic nitrogens is 3. The minimum atomic E-state index is -0.187. The Hall–Kier alpha value is -1.66. The number of hydrogen-bond donors (Lipinski definition) is 2. The molecule has 0 radical (unpaired) electrons. The van der Waals surface area contributed by atoms with Crippen molar-refractivity contribution < 1.29 is 4.74 Å². The zero-order valence-electron chi connectivity index (χ0n) is 11.3. The molecule has 6 heteroatoms. The molecule has 21 heavy (non-hydrogen) atoms. The molecule has 2 N–H and O–H groups in total. The van der Waals surface area contributed by atoms with Crippen LogP contribution in [0.15, 0.2) is 27.5 Å². The summed E-state index contributed by atoms with van der Waals surface area (Å²) in [6.07, 6.45) is 1.88. The van der Waals surface area contributed by atoms with Crippen LogP contribution < -0.4 is 5.69 Å². The summed E-state index contributed by atoms with van der Waals surface area (Å²) in [6, 6.07) is 5.94. The predicted octanol–water partition coefficient (Wildman–Crippen LogP) is 3.06. The number of nitrogens with zero attached hydrogens (tertiary/aromatic N) is 1. The highest BCUT2D eigenvalue weighted by molar-refractivity contribution is 9.10. The first-order chi connectivity index (χ1) is 10.2. The van der Waals surface area contributed by atoms with Crippen molar-refractivity contribution in [2.75, 3.05) is 13.2 Å². The highest BCUT2D eigenvalue weighted by Crippen LogP contribution is 2.33. The minimum absolute atomic E-state index is 0.187. The second kappa shape index (κ2) is 4.96. The molecule has 5 nitrogen and oxygen atoms in total. The van der Waals surface area contributed by atoms with Crippen molar-refractivity contribution in [3.63, 3.8) is 0 Å². The average Bonchev–Trinajstić information content (AvgIpc) is 2.89. The Balaban J connectivity index is 2.04. The second-order valence-electron chi connectivity index (χ2n) is 5.37. The van der Waals surface area contributed by atoms with E-state index in [4.69, 9.17) is 9.72 Å². The first-order valence-electron chi connectivity index (χ1n) is 7.01. The molecule has 0 amide bonds. The fourth-order valence-corrected chi connectivity index (χ4v) is 3.40. The van der Waals surface area contributed by atoms with Gasteiger partial charge >= 0.3 is 5.69 Å². The van der Waals surface area contributed by atoms with Crippen molar-refractivity contribution in [2.24, 2.45) is 0 Å². The van der Waals surface area contributed by atoms with Crippen molar-refractivity contribution in [1.29, 1.82) is 0 Å². The molecule has 108 valence electrons. The van der Waals surface area contributed by atoms with Gasteiger partial charge in [-0.1, -0.05) is 15.9 Å². The molecule has 0 aliphatic carbocycles. The Bertz CT molecular complexity index is 878. The van der Waals surface area contributed by atoms with Crippen molar-refractivity contribution in [2.45, 2.75) is 18.8 Å². The maximum absolute atomic E-state index is 11.8. The van der Waals surface area contributed by atoms with Gasteiger partial charge in [-0.3, -0.25) is 4.98 Å². The van der Waals surface area contributed by atoms with Gasteiger partial charge in [-0.15, -0.1) is 0 Å². The summed E-state index contributed by atoms with van der Waals surface area (Å²) in [5.41, 5.74) is 3.36. The highest BCUT2D eigenvalue weighted by atomic mass is 79.9. The molecule has 1 aliphatic heterocycles. The molecule has 1 fully saturated rings. The zero-order valence-corrected chi connectivity index (χ0v) is 12.9. The van der Waals surface area contributed by atoms with Crippen LogP contribution in [0.5, 0.6) is 0 Å². The molecule has 1 aliphatic rings. The fraction of sp³-hybridized carbons (Fsp3) is 0.333. The molecule has 2 aromatic heterocycles. The van der Waals surface area contributed by atoms with Crippen LogP contribution in [0.25, 0.3) is 21.9 Å². The topological polar surface area (TPSA) is 70.8 Å². The maximum Gasteiger partial charge on any atom is 0.323 e. The van der Waals surface area contributed by atoms with Crippen molar-refractivity contribution in [3.8, 4) is 0 Å². The van der Waals surface area contributed by atoms with E-state index >= 15 is 0 Å². The molecular formula is C15H14BrN3O2. The molecule has 3 aromatic rings. The van der Waals surface area contributed by atoms with Gasteiger partial charge in [-0.25, -0.2) is 4.79 Å². The van der Waals surface area contributed by atoms with Crippen LogP contribution in [0.3, 0.4) is 0 Å². The fourth-order valence-electron chi connectivity index (χ4n) is 3.04. The lowest BCUT2D eigenvalue weighted by molar-refractivity contribution is 0.0848. The van der Waals surface area contributed by atoms with Gasteiger partial charge in [-0.2, -0.15) is 0 Å². The van der Waals surface area contributed by atoms with Crippen molar-refractivity contribution in [1.82, 2.24) is 15.0 Å². The summed E-state index contributed by atoms with van der Waals surface area (Å²) in [7, 11) is 0. The van der Waals surface area contributed by atoms with E-state index in [2.05, 4.69) is 25.9 Å². The third kappa shape index (κ3) is 2.18. The number of aromatic amines is 2. The Labute approximate surface area is 128 Å². The molecular weight excluding hydrogens is 334 g/mol. The molecule has 3 heterocycles. The number of imidazole rings is 1. The highest BCUT2D eigenvalue weighted by Gasteiger charge is 2.22. The molecule has 1 saturated heterocycles. The van der Waals surface area contributed by atoms with E-state index in [-0.39, 0.29) is 5.69 Å². The van der Waals surface area contributed by atoms with Crippen LogP contribution in [0.4, 0.5) is 0 Å². The number of hydrogen-bond acceptors (Lipinski definition) is 3. The largest absolute Gasteiger partial charge is 0.381 e. The third-order valence-corrected chi connectivity index (χ3v) is 4.55. The number of ether oxygens (including phenoxy) is 1. The summed E-state index contributed by atoms with van der Waals surface area (Å²) in [4.78, 5) is 22.4. The molecule has 0 atom stereocenters. The van der Waals surface area contributed by atoms with Gasteiger partial charge in [0.15, 0.2) is 0 Å². The van der Waals surface area contributed by atoms with Crippen LogP contribution in [-0.2, 0) is 4.74 Å². The lowest BCUT2D eigenvalue weighted by Gasteiger charge is -2.22. The van der Waals surface area contributed by atoms with E-state index < -0.39 is 0 Å². The van der Waals surface area contributed by atoms with Gasteiger partial charge in [0.1, 0.15) is 0 Å². The van der Waals surface area contributed by atoms with E-state index in [1.165, 1.54) is 0 Å². The summed E-state index contributed by atoms with van der Waals surface area (Å²) in [6.45, 7) is 1.50. The normalized spacial score (nSPS) is 16.8. The van der Waals surface area contributed by atoms with Crippen LogP contribution in [0.2, 0.25) is 0 Å². The van der Waals surface area contributed by atoms with Gasteiger partial charge < -0.3 is 14.7 Å². The number of rotatable bonds is 1. The maximum atomic E-state index is 11.8. The van der Waals surface area contributed by atoms with E-state index in [9.17, 15) is 4.79 Å². The van der Waals surface area contributed by atoms with Crippen molar-refractivity contribution in [3.05, 3.63) is 38.9 Å². The lowest BCUT2D eigenvalue weighted by Crippen LogP contribution is -2.15. The number of H-pyrrole nitrogens is 2. The molecule has 0 saturated carbocycles. The van der Waals surface area contributed by atoms with E-state index in [0.717, 1.165) is 58.2 Å². The second-order valence-corrected chi connectivity index (χ2v) is 6.29. The molecule has 0 unspecified atom stereocenters. The Morgan fingerprint density at radius 2 is 1.95 bits per heavy atom. The average molecular weight is 348 g/mol. The van der Waals surface area contributed by atoms with Crippen LogP contribution >= 0.6 is 15.9 Å². The number of halogens is 1. The number of benzene rings is 1. The summed E-state index contributed by atoms with van der Waals surface area (Å²) < 4.78 is 6.40. The molecule has 1 aromatic carbocycles. The van der Waals surface area contributed by atoms with E-state index in [1.54, 1.807) is 0 Å². The van der Waals surface area contributed by atoms with Crippen LogP contribution in [0, 0.1) is 0 Å². The Morgan fingerprint density at radius 3 is 2.76 bits per heavy atom. The predicted molar refractivity (Wildman–Crippen MR) is 84.7 cm³/mol. The Morgan fingerprint density at radius 1 is 1.19 bits per heavy atom. The quantitative estimate of drug-likeness (QED) is 0.710. The number of fused-ring (bicyclic) bond motifs is 3. The van der Waals surface area contributed by atoms with Gasteiger partial charge in [0.05, 0.1) is 22.2 Å².